The predicted octanol–water partition coefficient (Wildman–Crippen LogP) is 2.52. The number of carbonyl (C=O) groups is 1. The van der Waals surface area contributed by atoms with E-state index in [1.165, 1.54) is 12.8 Å². The van der Waals surface area contributed by atoms with Crippen molar-refractivity contribution < 1.29 is 9.53 Å². The van der Waals surface area contributed by atoms with Crippen LogP contribution in [0.5, 0.6) is 5.75 Å². The molecule has 2 N–H and O–H groups in total. The maximum Gasteiger partial charge on any atom is 0.269 e. The molecule has 0 unspecified atom stereocenters. The molecular formula is C24H29N7O2. The first-order chi connectivity index (χ1) is 16.1. The summed E-state index contributed by atoms with van der Waals surface area (Å²) < 4.78 is 8.18. The van der Waals surface area contributed by atoms with Crippen LogP contribution in [0.1, 0.15) is 52.9 Å². The minimum Gasteiger partial charge on any atom is -0.487 e. The lowest BCUT2D eigenvalue weighted by Gasteiger charge is -2.33. The molecule has 1 saturated heterocycles. The number of pyridine rings is 1. The summed E-state index contributed by atoms with van der Waals surface area (Å²) in [6.45, 7) is 4.59. The standard InChI is InChI=1S/C24H29N7O2/c1-16-21(12-17-4-8-26-9-5-17)22(23(25)32)28-29-24(16)30-10-6-19(7-11-30)33-20-13-27-31(15-20)14-18-2-3-18/h4-5,8-9,13,15,18-19H,2-3,6-7,10-12,14H2,1H3,(H2,25,32). The largest absolute Gasteiger partial charge is 0.487 e. The fourth-order valence-corrected chi connectivity index (χ4v) is 4.41. The van der Waals surface area contributed by atoms with E-state index in [1.54, 1.807) is 12.4 Å². The molecule has 0 radical (unpaired) electrons. The second kappa shape index (κ2) is 9.17. The molecule has 9 nitrogen and oxygen atoms in total. The van der Waals surface area contributed by atoms with Gasteiger partial charge in [0, 0.05) is 51.3 Å². The number of aromatic nitrogens is 5. The van der Waals surface area contributed by atoms with Gasteiger partial charge in [-0.15, -0.1) is 10.2 Å². The van der Waals surface area contributed by atoms with E-state index in [0.29, 0.717) is 6.42 Å². The van der Waals surface area contributed by atoms with Crippen molar-refractivity contribution in [2.75, 3.05) is 18.0 Å². The molecule has 172 valence electrons. The number of hydrogen-bond acceptors (Lipinski definition) is 7. The number of nitrogens with two attached hydrogens (primary N) is 1. The van der Waals surface area contributed by atoms with Gasteiger partial charge in [-0.05, 0) is 54.5 Å². The third-order valence-electron chi connectivity index (χ3n) is 6.48. The van der Waals surface area contributed by atoms with Gasteiger partial charge in [0.2, 0.25) is 0 Å². The minimum atomic E-state index is -0.560. The molecule has 3 aromatic rings. The van der Waals surface area contributed by atoms with Crippen LogP contribution in [0.2, 0.25) is 0 Å². The highest BCUT2D eigenvalue weighted by Crippen LogP contribution is 2.31. The SMILES string of the molecule is Cc1c(N2CCC(Oc3cnn(CC4CC4)c3)CC2)nnc(C(N)=O)c1Cc1ccncc1. The highest BCUT2D eigenvalue weighted by molar-refractivity contribution is 5.93. The number of amides is 1. The van der Waals surface area contributed by atoms with Crippen LogP contribution in [-0.4, -0.2) is 50.1 Å². The zero-order valence-electron chi connectivity index (χ0n) is 18.9. The van der Waals surface area contributed by atoms with Gasteiger partial charge >= 0.3 is 0 Å². The van der Waals surface area contributed by atoms with Crippen LogP contribution in [0, 0.1) is 12.8 Å². The Morgan fingerprint density at radius 1 is 1.15 bits per heavy atom. The van der Waals surface area contributed by atoms with Crippen LogP contribution in [0.15, 0.2) is 36.9 Å². The number of hydrogen-bond donors (Lipinski definition) is 1. The van der Waals surface area contributed by atoms with Crippen molar-refractivity contribution in [1.82, 2.24) is 25.0 Å². The van der Waals surface area contributed by atoms with Gasteiger partial charge in [-0.3, -0.25) is 14.5 Å². The number of carbonyl (C=O) groups excluding carboxylic acids is 1. The summed E-state index contributed by atoms with van der Waals surface area (Å²) in [6, 6.07) is 3.86. The molecule has 3 aromatic heterocycles. The monoisotopic (exact) mass is 447 g/mol. The van der Waals surface area contributed by atoms with E-state index in [0.717, 1.165) is 66.7 Å². The molecular weight excluding hydrogens is 418 g/mol. The Balaban J connectivity index is 1.26. The van der Waals surface area contributed by atoms with E-state index >= 15 is 0 Å². The summed E-state index contributed by atoms with van der Waals surface area (Å²) in [7, 11) is 0. The van der Waals surface area contributed by atoms with Crippen molar-refractivity contribution in [2.45, 2.75) is 51.7 Å². The molecule has 2 aliphatic rings. The van der Waals surface area contributed by atoms with Crippen LogP contribution in [-0.2, 0) is 13.0 Å². The first-order valence-corrected chi connectivity index (χ1v) is 11.6. The van der Waals surface area contributed by atoms with Crippen molar-refractivity contribution in [3.05, 3.63) is 59.3 Å². The molecule has 9 heteroatoms. The molecule has 0 atom stereocenters. The number of nitrogens with zero attached hydrogens (tertiary/aromatic N) is 6. The lowest BCUT2D eigenvalue weighted by Crippen LogP contribution is -2.39. The van der Waals surface area contributed by atoms with Gasteiger partial charge in [0.1, 0.15) is 6.10 Å². The van der Waals surface area contributed by atoms with Crippen LogP contribution < -0.4 is 15.4 Å². The summed E-state index contributed by atoms with van der Waals surface area (Å²) in [5.41, 5.74) is 8.63. The Hall–Kier alpha value is -3.49. The lowest BCUT2D eigenvalue weighted by atomic mass is 9.99. The topological polar surface area (TPSA) is 112 Å². The van der Waals surface area contributed by atoms with Gasteiger partial charge in [0.25, 0.3) is 5.91 Å². The fraction of sp³-hybridized carbons (Fsp3) is 0.458. The first kappa shape index (κ1) is 21.4. The Bertz CT molecular complexity index is 1120. The number of ether oxygens (including phenoxy) is 1. The number of piperidine rings is 1. The zero-order valence-corrected chi connectivity index (χ0v) is 18.9. The molecule has 1 aliphatic carbocycles. The second-order valence-electron chi connectivity index (χ2n) is 9.02. The van der Waals surface area contributed by atoms with Gasteiger partial charge in [0.15, 0.2) is 17.3 Å². The maximum atomic E-state index is 12.0. The third-order valence-corrected chi connectivity index (χ3v) is 6.48. The molecule has 5 rings (SSSR count). The summed E-state index contributed by atoms with van der Waals surface area (Å²) in [5, 5.41) is 13.0. The van der Waals surface area contributed by atoms with Gasteiger partial charge in [-0.25, -0.2) is 0 Å². The molecule has 0 spiro atoms. The molecule has 1 aliphatic heterocycles. The number of primary amides is 1. The molecule has 2 fully saturated rings. The van der Waals surface area contributed by atoms with E-state index < -0.39 is 5.91 Å². The lowest BCUT2D eigenvalue weighted by molar-refractivity contribution is 0.0993. The van der Waals surface area contributed by atoms with Crippen LogP contribution in [0.25, 0.3) is 0 Å². The van der Waals surface area contributed by atoms with Crippen molar-refractivity contribution >= 4 is 11.7 Å². The molecule has 33 heavy (non-hydrogen) atoms. The van der Waals surface area contributed by atoms with E-state index in [-0.39, 0.29) is 11.8 Å². The molecule has 4 heterocycles. The van der Waals surface area contributed by atoms with E-state index in [9.17, 15) is 4.79 Å². The second-order valence-corrected chi connectivity index (χ2v) is 9.02. The third kappa shape index (κ3) is 4.97. The predicted molar refractivity (Wildman–Crippen MR) is 123 cm³/mol. The van der Waals surface area contributed by atoms with Crippen molar-refractivity contribution in [1.29, 1.82) is 0 Å². The van der Waals surface area contributed by atoms with E-state index in [1.807, 2.05) is 36.1 Å². The number of rotatable bonds is 8. The zero-order chi connectivity index (χ0) is 22.8. The summed E-state index contributed by atoms with van der Waals surface area (Å²) in [4.78, 5) is 18.3. The first-order valence-electron chi connectivity index (χ1n) is 11.6. The number of anilines is 1. The Morgan fingerprint density at radius 3 is 2.61 bits per heavy atom. The minimum absolute atomic E-state index is 0.147. The summed E-state index contributed by atoms with van der Waals surface area (Å²) >= 11 is 0. The van der Waals surface area contributed by atoms with Crippen molar-refractivity contribution in [3.63, 3.8) is 0 Å². The summed E-state index contributed by atoms with van der Waals surface area (Å²) in [6.07, 6.45) is 12.4. The average molecular weight is 448 g/mol. The van der Waals surface area contributed by atoms with Gasteiger partial charge in [-0.1, -0.05) is 0 Å². The van der Waals surface area contributed by atoms with Crippen LogP contribution in [0.4, 0.5) is 5.82 Å². The highest BCUT2D eigenvalue weighted by atomic mass is 16.5. The van der Waals surface area contributed by atoms with Gasteiger partial charge < -0.3 is 15.4 Å². The van der Waals surface area contributed by atoms with Gasteiger partial charge in [0.05, 0.1) is 12.4 Å². The van der Waals surface area contributed by atoms with E-state index in [2.05, 4.69) is 25.2 Å². The quantitative estimate of drug-likeness (QED) is 0.565. The molecule has 1 amide bonds. The molecule has 0 bridgehead atoms. The van der Waals surface area contributed by atoms with E-state index in [4.69, 9.17) is 10.5 Å². The normalized spacial score (nSPS) is 16.7. The average Bonchev–Trinajstić information content (AvgIpc) is 3.53. The maximum absolute atomic E-state index is 12.0. The molecule has 0 aromatic carbocycles. The van der Waals surface area contributed by atoms with Gasteiger partial charge in [-0.2, -0.15) is 5.10 Å². The smallest absolute Gasteiger partial charge is 0.269 e. The Labute approximate surface area is 193 Å². The molecule has 1 saturated carbocycles. The van der Waals surface area contributed by atoms with Crippen molar-refractivity contribution in [2.24, 2.45) is 11.7 Å². The Morgan fingerprint density at radius 2 is 1.91 bits per heavy atom. The fourth-order valence-electron chi connectivity index (χ4n) is 4.41. The van der Waals surface area contributed by atoms with Crippen LogP contribution >= 0.6 is 0 Å². The highest BCUT2D eigenvalue weighted by Gasteiger charge is 2.26. The summed E-state index contributed by atoms with van der Waals surface area (Å²) in [5.74, 6) is 1.88. The van der Waals surface area contributed by atoms with Crippen molar-refractivity contribution in [3.8, 4) is 5.75 Å². The Kier molecular flexibility index (Phi) is 5.93. The van der Waals surface area contributed by atoms with Crippen LogP contribution in [0.3, 0.4) is 0 Å².